The van der Waals surface area contributed by atoms with Gasteiger partial charge in [-0.05, 0) is 5.56 Å². The second kappa shape index (κ2) is 9.69. The van der Waals surface area contributed by atoms with Crippen LogP contribution in [0.2, 0.25) is 0 Å². The van der Waals surface area contributed by atoms with Gasteiger partial charge in [0, 0.05) is 13.1 Å². The number of nitrogens with zero attached hydrogens (tertiary/aromatic N) is 3. The molecule has 16 nitrogen and oxygen atoms in total. The van der Waals surface area contributed by atoms with Crippen molar-refractivity contribution in [2.45, 2.75) is 17.0 Å². The van der Waals surface area contributed by atoms with Gasteiger partial charge in [0.25, 0.3) is 17.7 Å². The summed E-state index contributed by atoms with van der Waals surface area (Å²) in [7, 11) is -5.14. The van der Waals surface area contributed by atoms with E-state index in [4.69, 9.17) is 5.11 Å². The van der Waals surface area contributed by atoms with Crippen molar-refractivity contribution in [2.24, 2.45) is 0 Å². The Hall–Kier alpha value is -4.03. The van der Waals surface area contributed by atoms with Gasteiger partial charge in [-0.2, -0.15) is 12.7 Å². The van der Waals surface area contributed by atoms with Crippen LogP contribution in [0.5, 0.6) is 0 Å². The summed E-state index contributed by atoms with van der Waals surface area (Å²) in [5.41, 5.74) is -2.83. The third kappa shape index (κ3) is 4.45. The number of β-lactam (4-membered cyclic amide) rings is 1. The summed E-state index contributed by atoms with van der Waals surface area (Å²) in [4.78, 5) is 90.7. The lowest BCUT2D eigenvalue weighted by Gasteiger charge is -2.45. The smallest absolute Gasteiger partial charge is 0.363 e. The second-order valence-electron chi connectivity index (χ2n) is 8.31. The van der Waals surface area contributed by atoms with E-state index in [-0.39, 0.29) is 23.0 Å². The molecule has 4 fully saturated rings. The first-order chi connectivity index (χ1) is 17.8. The van der Waals surface area contributed by atoms with Gasteiger partial charge in [-0.3, -0.25) is 43.0 Å². The van der Waals surface area contributed by atoms with Gasteiger partial charge in [0.05, 0.1) is 5.75 Å². The molecule has 4 aliphatic rings. The number of hydrogen-bond acceptors (Lipinski definition) is 10. The number of rotatable bonds is 7. The maximum absolute atomic E-state index is 13.8. The van der Waals surface area contributed by atoms with E-state index in [1.165, 1.54) is 30.3 Å². The topological polar surface area (TPSA) is 228 Å². The monoisotopic (exact) mass is 569 g/mol. The van der Waals surface area contributed by atoms with Crippen molar-refractivity contribution < 1.29 is 51.6 Å². The van der Waals surface area contributed by atoms with Crippen LogP contribution >= 0.6 is 11.8 Å². The summed E-state index contributed by atoms with van der Waals surface area (Å²) < 4.78 is 32.7. The predicted octanol–water partition coefficient (Wildman–Crippen LogP) is -3.52. The molecule has 1 aromatic carbocycles. The molecule has 1 unspecified atom stereocenters. The SMILES string of the molecule is O=C(O)CS[C@@H]1[C@H](NC(=O)C2(c3ccccc3)NC(=O)CN3CCN(C(=O)C3=O)C2=O)C(=O)N1S(=O)(=O)O. The molecule has 1 aromatic rings. The Morgan fingerprint density at radius 2 is 1.74 bits per heavy atom. The number of piperazine rings is 1. The molecule has 0 spiro atoms. The van der Waals surface area contributed by atoms with E-state index >= 15 is 0 Å². The minimum Gasteiger partial charge on any atom is -0.481 e. The number of fused-ring (bicyclic) bond motifs is 6. The van der Waals surface area contributed by atoms with Gasteiger partial charge >= 0.3 is 28.1 Å². The molecule has 4 N–H and O–H groups in total. The van der Waals surface area contributed by atoms with Gasteiger partial charge in [-0.15, -0.1) is 11.8 Å². The van der Waals surface area contributed by atoms with Crippen molar-refractivity contribution in [2.75, 3.05) is 25.4 Å². The number of carboxylic acids is 1. The number of aliphatic carboxylic acids is 1. The van der Waals surface area contributed by atoms with E-state index in [0.717, 1.165) is 4.90 Å². The fourth-order valence-corrected chi connectivity index (χ4v) is 6.42. The Balaban J connectivity index is 1.78. The lowest BCUT2D eigenvalue weighted by Crippen LogP contribution is -2.74. The molecule has 18 heteroatoms. The summed E-state index contributed by atoms with van der Waals surface area (Å²) in [6.07, 6.45) is 0. The first kappa shape index (κ1) is 27.0. The van der Waals surface area contributed by atoms with Gasteiger partial charge in [0.2, 0.25) is 11.4 Å². The lowest BCUT2D eigenvalue weighted by molar-refractivity contribution is -0.163. The average Bonchev–Trinajstić information content (AvgIpc) is 2.91. The summed E-state index contributed by atoms with van der Waals surface area (Å²) >= 11 is 0.390. The fourth-order valence-electron chi connectivity index (χ4n) is 4.25. The molecule has 202 valence electrons. The summed E-state index contributed by atoms with van der Waals surface area (Å²) in [6.45, 7) is -1.17. The molecule has 3 atom stereocenters. The summed E-state index contributed by atoms with van der Waals surface area (Å²) in [5.74, 6) is -9.53. The number of hydrogen-bond donors (Lipinski definition) is 4. The van der Waals surface area contributed by atoms with Crippen molar-refractivity contribution in [1.29, 1.82) is 0 Å². The Morgan fingerprint density at radius 3 is 2.34 bits per heavy atom. The normalized spacial score (nSPS) is 25.8. The van der Waals surface area contributed by atoms with Crippen LogP contribution in [0.3, 0.4) is 0 Å². The van der Waals surface area contributed by atoms with Gasteiger partial charge in [-0.25, -0.2) is 0 Å². The van der Waals surface area contributed by atoms with Crippen LogP contribution < -0.4 is 10.6 Å². The third-order valence-corrected chi connectivity index (χ3v) is 8.27. The highest BCUT2D eigenvalue weighted by Gasteiger charge is 2.60. The number of imide groups is 1. The molecule has 4 aliphatic heterocycles. The third-order valence-electron chi connectivity index (χ3n) is 6.00. The second-order valence-corrected chi connectivity index (χ2v) is 10.7. The number of benzene rings is 1. The highest BCUT2D eigenvalue weighted by molar-refractivity contribution is 8.01. The number of carboxylic acid groups (broad SMARTS) is 1. The highest BCUT2D eigenvalue weighted by Crippen LogP contribution is 2.34. The van der Waals surface area contributed by atoms with Gasteiger partial charge in [0.1, 0.15) is 18.0 Å². The average molecular weight is 570 g/mol. The van der Waals surface area contributed by atoms with Gasteiger partial charge in [-0.1, -0.05) is 30.3 Å². The Kier molecular flexibility index (Phi) is 6.89. The Morgan fingerprint density at radius 1 is 1.08 bits per heavy atom. The molecule has 0 saturated carbocycles. The first-order valence-electron chi connectivity index (χ1n) is 10.8. The van der Waals surface area contributed by atoms with Crippen LogP contribution in [0.25, 0.3) is 0 Å². The predicted molar refractivity (Wildman–Crippen MR) is 124 cm³/mol. The van der Waals surface area contributed by atoms with Crippen LogP contribution in [-0.2, 0) is 49.4 Å². The zero-order chi connectivity index (χ0) is 28.0. The van der Waals surface area contributed by atoms with E-state index < -0.39 is 81.0 Å². The van der Waals surface area contributed by atoms with Crippen molar-refractivity contribution >= 4 is 63.5 Å². The molecular weight excluding hydrogens is 550 g/mol. The van der Waals surface area contributed by atoms with E-state index in [0.29, 0.717) is 16.7 Å². The van der Waals surface area contributed by atoms with E-state index in [2.05, 4.69) is 10.6 Å². The standard InChI is InChI=1S/C20H19N5O11S2/c26-11-8-23-6-7-24(16(31)15(23)30)19(33)20(22-11,10-4-2-1-3-5-10)18(32)21-13-14(29)25(38(34,35)36)17(13)37-9-12(27)28/h1-5,13,17H,6-9H2,(H,21,32)(H,22,26)(H,27,28)(H,34,35,36)/t13-,17-,20?/m1/s1. The van der Waals surface area contributed by atoms with Crippen LogP contribution in [0.1, 0.15) is 5.56 Å². The summed E-state index contributed by atoms with van der Waals surface area (Å²) in [5, 5.41) is 11.8. The molecule has 0 aliphatic carbocycles. The van der Waals surface area contributed by atoms with Crippen molar-refractivity contribution in [1.82, 2.24) is 24.7 Å². The molecule has 2 bridgehead atoms. The van der Waals surface area contributed by atoms with Crippen LogP contribution in [0.4, 0.5) is 0 Å². The minimum atomic E-state index is -5.14. The van der Waals surface area contributed by atoms with Crippen LogP contribution in [-0.4, -0.2) is 110 Å². The maximum atomic E-state index is 13.8. The minimum absolute atomic E-state index is 0.0368. The fraction of sp³-hybridized carbons (Fsp3) is 0.350. The number of carbonyl (C=O) groups is 7. The number of nitrogens with one attached hydrogen (secondary N) is 2. The maximum Gasteiger partial charge on any atom is 0.363 e. The largest absolute Gasteiger partial charge is 0.481 e. The molecule has 0 radical (unpaired) electrons. The number of thioether (sulfide) groups is 1. The summed E-state index contributed by atoms with van der Waals surface area (Å²) in [6, 6.07) is 5.17. The molecule has 38 heavy (non-hydrogen) atoms. The number of carbonyl (C=O) groups excluding carboxylic acids is 6. The van der Waals surface area contributed by atoms with E-state index in [9.17, 15) is 46.5 Å². The number of amides is 6. The molecule has 4 saturated heterocycles. The molecular formula is C20H19N5O11S2. The van der Waals surface area contributed by atoms with E-state index in [1.54, 1.807) is 0 Å². The molecule has 4 heterocycles. The zero-order valence-corrected chi connectivity index (χ0v) is 20.7. The molecule has 5 rings (SSSR count). The lowest BCUT2D eigenvalue weighted by atomic mass is 9.86. The highest BCUT2D eigenvalue weighted by atomic mass is 32.2. The zero-order valence-electron chi connectivity index (χ0n) is 19.1. The van der Waals surface area contributed by atoms with Crippen molar-refractivity contribution in [3.05, 3.63) is 35.9 Å². The van der Waals surface area contributed by atoms with Crippen LogP contribution in [0, 0.1) is 0 Å². The van der Waals surface area contributed by atoms with Crippen molar-refractivity contribution in [3.63, 3.8) is 0 Å². The van der Waals surface area contributed by atoms with Gasteiger partial charge in [0.15, 0.2) is 0 Å². The van der Waals surface area contributed by atoms with Crippen molar-refractivity contribution in [3.8, 4) is 0 Å². The Labute approximate surface area is 218 Å². The van der Waals surface area contributed by atoms with E-state index in [1.807, 2.05) is 0 Å². The quantitative estimate of drug-likeness (QED) is 0.0824. The molecule has 6 amide bonds. The van der Waals surface area contributed by atoms with Gasteiger partial charge < -0.3 is 20.6 Å². The Bertz CT molecular complexity index is 1370. The first-order valence-corrected chi connectivity index (χ1v) is 13.2. The molecule has 0 aromatic heterocycles. The van der Waals surface area contributed by atoms with Crippen LogP contribution in [0.15, 0.2) is 30.3 Å².